The van der Waals surface area contributed by atoms with E-state index in [2.05, 4.69) is 13.2 Å². The summed E-state index contributed by atoms with van der Waals surface area (Å²) >= 11 is 0. The molecule has 1 aromatic heterocycles. The van der Waals surface area contributed by atoms with Crippen LogP contribution in [0.4, 0.5) is 0 Å². The van der Waals surface area contributed by atoms with Crippen LogP contribution in [0.5, 0.6) is 0 Å². The third-order valence-corrected chi connectivity index (χ3v) is 1.96. The van der Waals surface area contributed by atoms with Crippen LogP contribution in [0, 0.1) is 6.92 Å². The highest BCUT2D eigenvalue weighted by molar-refractivity contribution is 6.63. The van der Waals surface area contributed by atoms with Crippen LogP contribution in [0.15, 0.2) is 41.4 Å². The van der Waals surface area contributed by atoms with Crippen LogP contribution in [-0.2, 0) is 9.31 Å². The lowest BCUT2D eigenvalue weighted by atomic mass is 9.80. The Morgan fingerprint density at radius 3 is 2.31 bits per heavy atom. The molecular formula is C9H9BO3. The van der Waals surface area contributed by atoms with Crippen molar-refractivity contribution in [3.8, 4) is 0 Å². The molecule has 1 saturated heterocycles. The summed E-state index contributed by atoms with van der Waals surface area (Å²) < 4.78 is 15.8. The molecule has 0 aliphatic carbocycles. The van der Waals surface area contributed by atoms with Gasteiger partial charge in [-0.15, -0.1) is 0 Å². The van der Waals surface area contributed by atoms with Crippen molar-refractivity contribution < 1.29 is 13.7 Å². The van der Waals surface area contributed by atoms with Gasteiger partial charge in [-0.05, 0) is 13.0 Å². The standard InChI is InChI=1S/C9H9BO3/c1-6-7(2)13-10(12-6)9-4-5-11-8(9)3/h4-5H,1-2H2,3H3. The lowest BCUT2D eigenvalue weighted by Crippen LogP contribution is -2.31. The maximum atomic E-state index is 5.32. The number of hydrogen-bond acceptors (Lipinski definition) is 3. The van der Waals surface area contributed by atoms with Gasteiger partial charge in [-0.3, -0.25) is 0 Å². The van der Waals surface area contributed by atoms with Crippen molar-refractivity contribution in [2.45, 2.75) is 6.92 Å². The zero-order chi connectivity index (χ0) is 9.42. The molecule has 0 radical (unpaired) electrons. The first kappa shape index (κ1) is 8.04. The van der Waals surface area contributed by atoms with E-state index in [0.717, 1.165) is 11.2 Å². The summed E-state index contributed by atoms with van der Waals surface area (Å²) in [5, 5.41) is 0. The summed E-state index contributed by atoms with van der Waals surface area (Å²) in [5.41, 5.74) is 0.875. The average Bonchev–Trinajstić information content (AvgIpc) is 2.60. The van der Waals surface area contributed by atoms with Gasteiger partial charge in [-0.1, -0.05) is 13.2 Å². The lowest BCUT2D eigenvalue weighted by Gasteiger charge is -2.00. The van der Waals surface area contributed by atoms with Crippen molar-refractivity contribution >= 4 is 12.6 Å². The van der Waals surface area contributed by atoms with Gasteiger partial charge in [0.25, 0.3) is 0 Å². The van der Waals surface area contributed by atoms with Gasteiger partial charge in [-0.2, -0.15) is 0 Å². The van der Waals surface area contributed by atoms with Crippen molar-refractivity contribution in [1.82, 2.24) is 0 Å². The van der Waals surface area contributed by atoms with E-state index in [0.29, 0.717) is 11.5 Å². The van der Waals surface area contributed by atoms with Gasteiger partial charge < -0.3 is 13.7 Å². The second-order valence-corrected chi connectivity index (χ2v) is 2.85. The molecule has 2 heterocycles. The second-order valence-electron chi connectivity index (χ2n) is 2.85. The quantitative estimate of drug-likeness (QED) is 0.605. The minimum atomic E-state index is -0.446. The minimum absolute atomic E-state index is 0.446. The smallest absolute Gasteiger partial charge is 0.520 e. The fourth-order valence-corrected chi connectivity index (χ4v) is 1.18. The Bertz CT molecular complexity index is 351. The summed E-state index contributed by atoms with van der Waals surface area (Å²) in [6.07, 6.45) is 1.60. The summed E-state index contributed by atoms with van der Waals surface area (Å²) in [4.78, 5) is 0. The Balaban J connectivity index is 2.26. The largest absolute Gasteiger partial charge is 0.636 e. The van der Waals surface area contributed by atoms with Crippen LogP contribution in [0.25, 0.3) is 0 Å². The fourth-order valence-electron chi connectivity index (χ4n) is 1.18. The average molecular weight is 176 g/mol. The second kappa shape index (κ2) is 2.73. The molecule has 0 unspecified atom stereocenters. The normalized spacial score (nSPS) is 15.9. The number of rotatable bonds is 1. The molecule has 13 heavy (non-hydrogen) atoms. The van der Waals surface area contributed by atoms with E-state index in [1.807, 2.05) is 13.0 Å². The first-order valence-corrected chi connectivity index (χ1v) is 3.94. The molecule has 1 fully saturated rings. The Morgan fingerprint density at radius 1 is 1.23 bits per heavy atom. The Hall–Kier alpha value is -1.58. The van der Waals surface area contributed by atoms with Gasteiger partial charge in [0, 0.05) is 0 Å². The van der Waals surface area contributed by atoms with Crippen LogP contribution in [0.3, 0.4) is 0 Å². The van der Waals surface area contributed by atoms with Gasteiger partial charge in [0.2, 0.25) is 0 Å². The molecule has 0 aromatic carbocycles. The van der Waals surface area contributed by atoms with Gasteiger partial charge >= 0.3 is 7.12 Å². The first-order chi connectivity index (χ1) is 6.18. The van der Waals surface area contributed by atoms with E-state index in [4.69, 9.17) is 13.7 Å². The predicted octanol–water partition coefficient (Wildman–Crippen LogP) is 1.36. The molecule has 66 valence electrons. The van der Waals surface area contributed by atoms with E-state index in [-0.39, 0.29) is 0 Å². The van der Waals surface area contributed by atoms with Crippen LogP contribution >= 0.6 is 0 Å². The van der Waals surface area contributed by atoms with Gasteiger partial charge in [0.05, 0.1) is 11.7 Å². The van der Waals surface area contributed by atoms with Crippen molar-refractivity contribution in [1.29, 1.82) is 0 Å². The zero-order valence-corrected chi connectivity index (χ0v) is 7.37. The van der Waals surface area contributed by atoms with Crippen molar-refractivity contribution in [2.24, 2.45) is 0 Å². The molecule has 1 aliphatic rings. The molecule has 0 spiro atoms. The van der Waals surface area contributed by atoms with E-state index in [9.17, 15) is 0 Å². The third-order valence-electron chi connectivity index (χ3n) is 1.96. The zero-order valence-electron chi connectivity index (χ0n) is 7.37. The van der Waals surface area contributed by atoms with Gasteiger partial charge in [0.15, 0.2) is 0 Å². The molecule has 1 aliphatic heterocycles. The van der Waals surface area contributed by atoms with Crippen LogP contribution in [0.1, 0.15) is 5.76 Å². The fraction of sp³-hybridized carbons (Fsp3) is 0.111. The molecule has 1 aromatic rings. The molecule has 4 heteroatoms. The summed E-state index contributed by atoms with van der Waals surface area (Å²) in [7, 11) is -0.446. The lowest BCUT2D eigenvalue weighted by molar-refractivity contribution is 0.429. The highest BCUT2D eigenvalue weighted by atomic mass is 16.6. The van der Waals surface area contributed by atoms with Crippen LogP contribution in [-0.4, -0.2) is 7.12 Å². The maximum Gasteiger partial charge on any atom is 0.636 e. The molecular weight excluding hydrogens is 167 g/mol. The minimum Gasteiger partial charge on any atom is -0.520 e. The van der Waals surface area contributed by atoms with Crippen LogP contribution < -0.4 is 5.46 Å². The van der Waals surface area contributed by atoms with Crippen molar-refractivity contribution in [2.75, 3.05) is 0 Å². The monoisotopic (exact) mass is 176 g/mol. The van der Waals surface area contributed by atoms with E-state index < -0.39 is 7.12 Å². The summed E-state index contributed by atoms with van der Waals surface area (Å²) in [6, 6.07) is 1.81. The van der Waals surface area contributed by atoms with E-state index in [1.165, 1.54) is 0 Å². The maximum absolute atomic E-state index is 5.32. The third kappa shape index (κ3) is 1.24. The van der Waals surface area contributed by atoms with E-state index >= 15 is 0 Å². The van der Waals surface area contributed by atoms with Crippen LogP contribution in [0.2, 0.25) is 0 Å². The van der Waals surface area contributed by atoms with E-state index in [1.54, 1.807) is 6.26 Å². The molecule has 3 nitrogen and oxygen atoms in total. The first-order valence-electron chi connectivity index (χ1n) is 3.94. The number of hydrogen-bond donors (Lipinski definition) is 0. The Kier molecular flexibility index (Phi) is 1.69. The molecule has 2 rings (SSSR count). The van der Waals surface area contributed by atoms with Gasteiger partial charge in [-0.25, -0.2) is 0 Å². The highest BCUT2D eigenvalue weighted by Crippen LogP contribution is 2.20. The molecule has 0 saturated carbocycles. The van der Waals surface area contributed by atoms with Crippen molar-refractivity contribution in [3.05, 3.63) is 42.8 Å². The highest BCUT2D eigenvalue weighted by Gasteiger charge is 2.36. The van der Waals surface area contributed by atoms with Crippen molar-refractivity contribution in [3.63, 3.8) is 0 Å². The Labute approximate surface area is 76.8 Å². The number of furan rings is 1. The molecule has 0 atom stereocenters. The molecule has 0 bridgehead atoms. The molecule has 0 N–H and O–H groups in total. The molecule has 0 amide bonds. The number of aryl methyl sites for hydroxylation is 1. The Morgan fingerprint density at radius 2 is 1.85 bits per heavy atom. The SMILES string of the molecule is C=C1OB(c2ccoc2C)OC1=C. The summed E-state index contributed by atoms with van der Waals surface area (Å²) in [6.45, 7) is 9.15. The van der Waals surface area contributed by atoms with Gasteiger partial charge in [0.1, 0.15) is 17.3 Å². The predicted molar refractivity (Wildman–Crippen MR) is 49.3 cm³/mol. The summed E-state index contributed by atoms with van der Waals surface area (Å²) in [5.74, 6) is 1.74. The topological polar surface area (TPSA) is 31.6 Å².